The van der Waals surface area contributed by atoms with E-state index in [1.54, 1.807) is 24.9 Å². The molecule has 0 aromatic heterocycles. The van der Waals surface area contributed by atoms with Gasteiger partial charge in [0.1, 0.15) is 6.04 Å². The Morgan fingerprint density at radius 3 is 2.61 bits per heavy atom. The van der Waals surface area contributed by atoms with E-state index in [1.807, 2.05) is 13.8 Å². The summed E-state index contributed by atoms with van der Waals surface area (Å²) in [6.07, 6.45) is 3.55. The van der Waals surface area contributed by atoms with E-state index in [-0.39, 0.29) is 49.4 Å². The van der Waals surface area contributed by atoms with Crippen molar-refractivity contribution in [1.82, 2.24) is 20.4 Å². The van der Waals surface area contributed by atoms with Crippen LogP contribution in [-0.4, -0.2) is 97.6 Å². The Kier molecular flexibility index (Phi) is 11.8. The first-order chi connectivity index (χ1) is 14.7. The smallest absolute Gasteiger partial charge is 0.249 e. The number of carbonyl (C=O) groups excluding carboxylic acids is 4. The van der Waals surface area contributed by atoms with Gasteiger partial charge in [0.25, 0.3) is 0 Å². The molecule has 176 valence electrons. The second-order valence-corrected chi connectivity index (χ2v) is 7.87. The number of aliphatic hydroxyl groups excluding tert-OH is 1. The van der Waals surface area contributed by atoms with Crippen LogP contribution < -0.4 is 10.6 Å². The minimum atomic E-state index is -0.539. The number of hydrogen-bond acceptors (Lipinski definition) is 6. The SMILES string of the molecule is CC(=C[C@H](C(C)C)N(C)C(=O)CNC=O)C(=O)N1CCC[C@H]1C(=O)NCCOCCO. The fraction of sp³-hybridized carbons (Fsp3) is 0.714. The van der Waals surface area contributed by atoms with Crippen molar-refractivity contribution in [1.29, 1.82) is 0 Å². The molecule has 10 nitrogen and oxygen atoms in total. The van der Waals surface area contributed by atoms with Crippen molar-refractivity contribution in [2.45, 2.75) is 45.7 Å². The van der Waals surface area contributed by atoms with E-state index < -0.39 is 6.04 Å². The Labute approximate surface area is 184 Å². The van der Waals surface area contributed by atoms with Crippen LogP contribution in [0.3, 0.4) is 0 Å². The van der Waals surface area contributed by atoms with Crippen molar-refractivity contribution < 1.29 is 29.0 Å². The van der Waals surface area contributed by atoms with Crippen LogP contribution in [-0.2, 0) is 23.9 Å². The average molecular weight is 441 g/mol. The zero-order valence-corrected chi connectivity index (χ0v) is 18.9. The highest BCUT2D eigenvalue weighted by Crippen LogP contribution is 2.21. The molecule has 3 N–H and O–H groups in total. The molecule has 31 heavy (non-hydrogen) atoms. The molecule has 0 bridgehead atoms. The summed E-state index contributed by atoms with van der Waals surface area (Å²) in [7, 11) is 1.64. The molecule has 0 aliphatic carbocycles. The molecule has 1 aliphatic heterocycles. The predicted octanol–water partition coefficient (Wildman–Crippen LogP) is -0.722. The van der Waals surface area contributed by atoms with Crippen LogP contribution >= 0.6 is 0 Å². The van der Waals surface area contributed by atoms with Gasteiger partial charge in [-0.1, -0.05) is 19.9 Å². The molecule has 0 unspecified atom stereocenters. The Morgan fingerprint density at radius 2 is 2.00 bits per heavy atom. The second kappa shape index (κ2) is 13.8. The van der Waals surface area contributed by atoms with Gasteiger partial charge in [-0.05, 0) is 25.7 Å². The lowest BCUT2D eigenvalue weighted by Gasteiger charge is -2.30. The number of nitrogens with zero attached hydrogens (tertiary/aromatic N) is 2. The van der Waals surface area contributed by atoms with E-state index >= 15 is 0 Å². The van der Waals surface area contributed by atoms with Crippen LogP contribution in [0.4, 0.5) is 0 Å². The normalized spacial score (nSPS) is 17.4. The Balaban J connectivity index is 2.80. The predicted molar refractivity (Wildman–Crippen MR) is 115 cm³/mol. The molecule has 0 spiro atoms. The molecule has 1 rings (SSSR count). The zero-order valence-electron chi connectivity index (χ0n) is 18.9. The molecule has 1 aliphatic rings. The Morgan fingerprint density at radius 1 is 1.29 bits per heavy atom. The lowest BCUT2D eigenvalue weighted by Crippen LogP contribution is -2.47. The second-order valence-electron chi connectivity index (χ2n) is 7.87. The summed E-state index contributed by atoms with van der Waals surface area (Å²) in [6.45, 7) is 6.71. The monoisotopic (exact) mass is 440 g/mol. The van der Waals surface area contributed by atoms with Crippen molar-refractivity contribution in [2.24, 2.45) is 5.92 Å². The molecule has 1 saturated heterocycles. The zero-order chi connectivity index (χ0) is 23.4. The van der Waals surface area contributed by atoms with Crippen molar-refractivity contribution in [3.63, 3.8) is 0 Å². The van der Waals surface area contributed by atoms with Crippen molar-refractivity contribution >= 4 is 24.1 Å². The number of likely N-dealkylation sites (N-methyl/N-ethyl adjacent to an activating group) is 1. The fourth-order valence-corrected chi connectivity index (χ4v) is 3.54. The van der Waals surface area contributed by atoms with E-state index in [0.717, 1.165) is 6.42 Å². The van der Waals surface area contributed by atoms with Gasteiger partial charge in [0.15, 0.2) is 0 Å². The Bertz CT molecular complexity index is 652. The van der Waals surface area contributed by atoms with Crippen LogP contribution in [0.1, 0.15) is 33.6 Å². The minimum Gasteiger partial charge on any atom is -0.394 e. The third-order valence-electron chi connectivity index (χ3n) is 5.22. The number of amides is 4. The number of aliphatic hydroxyl groups is 1. The quantitative estimate of drug-likeness (QED) is 0.197. The first kappa shape index (κ1) is 26.6. The van der Waals surface area contributed by atoms with Gasteiger partial charge in [-0.25, -0.2) is 0 Å². The molecule has 0 aromatic rings. The third-order valence-corrected chi connectivity index (χ3v) is 5.22. The highest BCUT2D eigenvalue weighted by Gasteiger charge is 2.34. The summed E-state index contributed by atoms with van der Waals surface area (Å²) in [4.78, 5) is 51.4. The van der Waals surface area contributed by atoms with Gasteiger partial charge in [-0.2, -0.15) is 0 Å². The van der Waals surface area contributed by atoms with E-state index in [2.05, 4.69) is 10.6 Å². The number of carbonyl (C=O) groups is 4. The lowest BCUT2D eigenvalue weighted by molar-refractivity contribution is -0.136. The average Bonchev–Trinajstić information content (AvgIpc) is 3.24. The molecule has 1 heterocycles. The number of ether oxygens (including phenoxy) is 1. The molecular formula is C21H36N4O6. The number of hydrogen-bond donors (Lipinski definition) is 3. The summed E-state index contributed by atoms with van der Waals surface area (Å²) in [5, 5.41) is 13.8. The molecule has 10 heteroatoms. The molecular weight excluding hydrogens is 404 g/mol. The summed E-state index contributed by atoms with van der Waals surface area (Å²) >= 11 is 0. The van der Waals surface area contributed by atoms with Gasteiger partial charge in [0.2, 0.25) is 24.1 Å². The third kappa shape index (κ3) is 8.29. The highest BCUT2D eigenvalue weighted by atomic mass is 16.5. The number of likely N-dealkylation sites (tertiary alicyclic amines) is 1. The fourth-order valence-electron chi connectivity index (χ4n) is 3.54. The van der Waals surface area contributed by atoms with Gasteiger partial charge in [-0.3, -0.25) is 19.2 Å². The first-order valence-corrected chi connectivity index (χ1v) is 10.6. The summed E-state index contributed by atoms with van der Waals surface area (Å²) < 4.78 is 5.13. The molecule has 0 radical (unpaired) electrons. The maximum atomic E-state index is 13.1. The minimum absolute atomic E-state index is 0.0459. The topological polar surface area (TPSA) is 128 Å². The molecule has 0 aromatic carbocycles. The summed E-state index contributed by atoms with van der Waals surface area (Å²) in [6, 6.07) is -0.870. The number of nitrogens with one attached hydrogen (secondary N) is 2. The largest absolute Gasteiger partial charge is 0.394 e. The van der Waals surface area contributed by atoms with Crippen LogP contribution in [0.25, 0.3) is 0 Å². The van der Waals surface area contributed by atoms with Crippen molar-refractivity contribution in [2.75, 3.05) is 46.5 Å². The standard InChI is InChI=1S/C21H36N4O6/c1-15(2)18(24(4)19(28)13-22-14-27)12-16(3)21(30)25-8-5-6-17(25)20(29)23-7-10-31-11-9-26/h12,14-15,17-18,26H,5-11,13H2,1-4H3,(H,22,27)(H,23,29)/t17-,18+/m0/s1. The van der Waals surface area contributed by atoms with E-state index in [1.165, 1.54) is 4.90 Å². The molecule has 4 amide bonds. The highest BCUT2D eigenvalue weighted by molar-refractivity contribution is 5.97. The summed E-state index contributed by atoms with van der Waals surface area (Å²) in [5.74, 6) is -0.667. The van der Waals surface area contributed by atoms with Gasteiger partial charge in [-0.15, -0.1) is 0 Å². The van der Waals surface area contributed by atoms with Crippen LogP contribution in [0.5, 0.6) is 0 Å². The van der Waals surface area contributed by atoms with Crippen LogP contribution in [0, 0.1) is 5.92 Å². The maximum Gasteiger partial charge on any atom is 0.249 e. The van der Waals surface area contributed by atoms with Gasteiger partial charge in [0.05, 0.1) is 32.4 Å². The van der Waals surface area contributed by atoms with Gasteiger partial charge in [0, 0.05) is 25.7 Å². The molecule has 1 fully saturated rings. The number of rotatable bonds is 13. The molecule has 0 saturated carbocycles. The Hall–Kier alpha value is -2.46. The summed E-state index contributed by atoms with van der Waals surface area (Å²) in [5.41, 5.74) is 0.465. The maximum absolute atomic E-state index is 13.1. The van der Waals surface area contributed by atoms with E-state index in [9.17, 15) is 19.2 Å². The first-order valence-electron chi connectivity index (χ1n) is 10.6. The van der Waals surface area contributed by atoms with Crippen LogP contribution in [0.2, 0.25) is 0 Å². The van der Waals surface area contributed by atoms with Crippen molar-refractivity contribution in [3.05, 3.63) is 11.6 Å². The van der Waals surface area contributed by atoms with Gasteiger partial charge < -0.3 is 30.3 Å². The van der Waals surface area contributed by atoms with Gasteiger partial charge >= 0.3 is 0 Å². The molecule has 2 atom stereocenters. The van der Waals surface area contributed by atoms with Crippen molar-refractivity contribution in [3.8, 4) is 0 Å². The van der Waals surface area contributed by atoms with E-state index in [0.29, 0.717) is 38.1 Å². The lowest BCUT2D eigenvalue weighted by atomic mass is 9.99. The van der Waals surface area contributed by atoms with E-state index in [4.69, 9.17) is 9.84 Å². The van der Waals surface area contributed by atoms with Crippen LogP contribution in [0.15, 0.2) is 11.6 Å².